The number of nitrogens with zero attached hydrogens (tertiary/aromatic N) is 1. The van der Waals surface area contributed by atoms with Crippen LogP contribution in [0.15, 0.2) is 57.9 Å². The highest BCUT2D eigenvalue weighted by molar-refractivity contribution is 9.10. The highest BCUT2D eigenvalue weighted by atomic mass is 79.9. The van der Waals surface area contributed by atoms with Crippen LogP contribution in [0.3, 0.4) is 0 Å². The third-order valence-corrected chi connectivity index (χ3v) is 5.53. The lowest BCUT2D eigenvalue weighted by Crippen LogP contribution is -2.39. The van der Waals surface area contributed by atoms with Crippen molar-refractivity contribution in [1.29, 1.82) is 0 Å². The molecule has 1 atom stereocenters. The van der Waals surface area contributed by atoms with Gasteiger partial charge >= 0.3 is 0 Å². The minimum atomic E-state index is -0.267. The number of amides is 2. The quantitative estimate of drug-likeness (QED) is 0.648. The monoisotopic (exact) mass is 434 g/mol. The Morgan fingerprint density at radius 2 is 1.81 bits per heavy atom. The summed E-state index contributed by atoms with van der Waals surface area (Å²) >= 11 is 4.88. The van der Waals surface area contributed by atoms with Crippen molar-refractivity contribution in [3.63, 3.8) is 0 Å². The van der Waals surface area contributed by atoms with Gasteiger partial charge in [-0.3, -0.25) is 9.59 Å². The van der Waals surface area contributed by atoms with Gasteiger partial charge in [-0.25, -0.2) is 0 Å². The first kappa shape index (κ1) is 20.5. The van der Waals surface area contributed by atoms with Gasteiger partial charge in [-0.2, -0.15) is 0 Å². The molecule has 4 nitrogen and oxygen atoms in total. The van der Waals surface area contributed by atoms with Crippen LogP contribution >= 0.6 is 27.7 Å². The van der Waals surface area contributed by atoms with Crippen molar-refractivity contribution in [3.05, 3.63) is 58.6 Å². The fourth-order valence-electron chi connectivity index (χ4n) is 2.51. The Bertz CT molecular complexity index is 765. The fraction of sp³-hybridized carbons (Fsp3) is 0.300. The van der Waals surface area contributed by atoms with Gasteiger partial charge in [0.15, 0.2) is 0 Å². The van der Waals surface area contributed by atoms with Crippen molar-refractivity contribution in [2.75, 3.05) is 18.9 Å². The van der Waals surface area contributed by atoms with E-state index in [0.717, 1.165) is 27.0 Å². The van der Waals surface area contributed by atoms with Crippen LogP contribution in [0.25, 0.3) is 0 Å². The Morgan fingerprint density at radius 3 is 2.46 bits per heavy atom. The Balaban J connectivity index is 1.90. The average Bonchev–Trinajstić information content (AvgIpc) is 2.63. The molecule has 0 fully saturated rings. The number of carbonyl (C=O) groups excluding carboxylic acids is 2. The summed E-state index contributed by atoms with van der Waals surface area (Å²) in [4.78, 5) is 27.3. The van der Waals surface area contributed by atoms with Crippen LogP contribution in [-0.2, 0) is 16.0 Å². The number of rotatable bonds is 7. The number of hydrogen-bond donors (Lipinski definition) is 1. The van der Waals surface area contributed by atoms with Gasteiger partial charge < -0.3 is 10.2 Å². The molecule has 1 N–H and O–H groups in total. The molecule has 0 saturated heterocycles. The molecule has 1 unspecified atom stereocenters. The van der Waals surface area contributed by atoms with Gasteiger partial charge in [0.1, 0.15) is 0 Å². The predicted octanol–water partition coefficient (Wildman–Crippen LogP) is 4.59. The molecule has 0 aromatic heterocycles. The first-order chi connectivity index (χ1) is 12.4. The van der Waals surface area contributed by atoms with Gasteiger partial charge in [0.2, 0.25) is 11.8 Å². The first-order valence-corrected chi connectivity index (χ1v) is 10.1. The second-order valence-corrected chi connectivity index (χ2v) is 8.30. The lowest BCUT2D eigenvalue weighted by Gasteiger charge is -2.21. The summed E-state index contributed by atoms with van der Waals surface area (Å²) < 4.78 is 1.00. The largest absolute Gasteiger partial charge is 0.335 e. The summed E-state index contributed by atoms with van der Waals surface area (Å²) in [5.74, 6) is -0.264. The molecule has 26 heavy (non-hydrogen) atoms. The fourth-order valence-corrected chi connectivity index (χ4v) is 3.76. The standard InChI is InChI=1S/C20H23BrN2O2S/c1-4-15-7-5-6-8-18(15)22-19(24)13-23(3)20(25)14(2)26-17-11-9-16(21)10-12-17/h5-12,14H,4,13H2,1-3H3,(H,22,24). The number of para-hydroxylation sites is 1. The zero-order valence-corrected chi connectivity index (χ0v) is 17.6. The maximum absolute atomic E-state index is 12.5. The van der Waals surface area contributed by atoms with Crippen LogP contribution < -0.4 is 5.32 Å². The number of anilines is 1. The molecule has 2 amide bonds. The number of halogens is 1. The molecule has 0 aliphatic rings. The van der Waals surface area contributed by atoms with Gasteiger partial charge in [-0.1, -0.05) is 41.1 Å². The predicted molar refractivity (Wildman–Crippen MR) is 112 cm³/mol. The van der Waals surface area contributed by atoms with Crippen molar-refractivity contribution in [1.82, 2.24) is 4.90 Å². The van der Waals surface area contributed by atoms with E-state index in [-0.39, 0.29) is 23.6 Å². The minimum absolute atomic E-state index is 0.0299. The Kier molecular flexibility index (Phi) is 7.72. The highest BCUT2D eigenvalue weighted by Gasteiger charge is 2.20. The maximum Gasteiger partial charge on any atom is 0.243 e. The normalized spacial score (nSPS) is 11.7. The molecule has 2 aromatic rings. The molecular weight excluding hydrogens is 412 g/mol. The van der Waals surface area contributed by atoms with Crippen molar-refractivity contribution < 1.29 is 9.59 Å². The number of aryl methyl sites for hydroxylation is 1. The number of thioether (sulfide) groups is 1. The van der Waals surface area contributed by atoms with Crippen LogP contribution in [0, 0.1) is 0 Å². The van der Waals surface area contributed by atoms with Crippen LogP contribution in [0.2, 0.25) is 0 Å². The van der Waals surface area contributed by atoms with E-state index in [4.69, 9.17) is 0 Å². The molecule has 138 valence electrons. The second kappa shape index (κ2) is 9.78. The van der Waals surface area contributed by atoms with Gasteiger partial charge in [0.25, 0.3) is 0 Å². The van der Waals surface area contributed by atoms with E-state index in [2.05, 4.69) is 21.2 Å². The van der Waals surface area contributed by atoms with Crippen LogP contribution in [0.1, 0.15) is 19.4 Å². The van der Waals surface area contributed by atoms with Crippen molar-refractivity contribution in [2.45, 2.75) is 30.4 Å². The van der Waals surface area contributed by atoms with E-state index < -0.39 is 0 Å². The van der Waals surface area contributed by atoms with E-state index in [1.54, 1.807) is 7.05 Å². The minimum Gasteiger partial charge on any atom is -0.335 e. The van der Waals surface area contributed by atoms with E-state index in [1.165, 1.54) is 16.7 Å². The Hall–Kier alpha value is -1.79. The molecule has 0 aliphatic carbocycles. The van der Waals surface area contributed by atoms with Gasteiger partial charge in [0.05, 0.1) is 11.8 Å². The third kappa shape index (κ3) is 5.88. The lowest BCUT2D eigenvalue weighted by atomic mass is 10.1. The zero-order chi connectivity index (χ0) is 19.1. The van der Waals surface area contributed by atoms with Crippen molar-refractivity contribution in [2.24, 2.45) is 0 Å². The number of likely N-dealkylation sites (N-methyl/N-ethyl adjacent to an activating group) is 1. The molecule has 0 radical (unpaired) electrons. The van der Waals surface area contributed by atoms with Crippen LogP contribution in [0.5, 0.6) is 0 Å². The highest BCUT2D eigenvalue weighted by Crippen LogP contribution is 2.25. The van der Waals surface area contributed by atoms with Crippen molar-refractivity contribution in [3.8, 4) is 0 Å². The van der Waals surface area contributed by atoms with Crippen molar-refractivity contribution >= 4 is 45.2 Å². The number of hydrogen-bond acceptors (Lipinski definition) is 3. The van der Waals surface area contributed by atoms with Crippen LogP contribution in [-0.4, -0.2) is 35.6 Å². The zero-order valence-electron chi connectivity index (χ0n) is 15.2. The summed E-state index contributed by atoms with van der Waals surface area (Å²) in [6.45, 7) is 3.93. The lowest BCUT2D eigenvalue weighted by molar-refractivity contribution is -0.132. The van der Waals surface area contributed by atoms with Gasteiger partial charge in [0, 0.05) is 22.1 Å². The Labute approximate surface area is 167 Å². The van der Waals surface area contributed by atoms with Crippen LogP contribution in [0.4, 0.5) is 5.69 Å². The summed E-state index contributed by atoms with van der Waals surface area (Å²) in [6, 6.07) is 15.5. The molecule has 2 aromatic carbocycles. The summed E-state index contributed by atoms with van der Waals surface area (Å²) in [5.41, 5.74) is 1.88. The van der Waals surface area contributed by atoms with Gasteiger partial charge in [-0.15, -0.1) is 11.8 Å². The van der Waals surface area contributed by atoms with E-state index >= 15 is 0 Å². The van der Waals surface area contributed by atoms with Gasteiger partial charge in [-0.05, 0) is 49.2 Å². The number of nitrogens with one attached hydrogen (secondary N) is 1. The smallest absolute Gasteiger partial charge is 0.243 e. The summed E-state index contributed by atoms with van der Waals surface area (Å²) in [7, 11) is 1.66. The van der Waals surface area contributed by atoms with E-state index in [1.807, 2.05) is 62.4 Å². The van der Waals surface area contributed by atoms with E-state index in [0.29, 0.717) is 0 Å². The number of carbonyl (C=O) groups is 2. The molecular formula is C20H23BrN2O2S. The SMILES string of the molecule is CCc1ccccc1NC(=O)CN(C)C(=O)C(C)Sc1ccc(Br)cc1. The number of benzene rings is 2. The maximum atomic E-state index is 12.5. The third-order valence-electron chi connectivity index (χ3n) is 3.90. The molecule has 6 heteroatoms. The van der Waals surface area contributed by atoms with E-state index in [9.17, 15) is 9.59 Å². The second-order valence-electron chi connectivity index (χ2n) is 5.97. The summed E-state index contributed by atoms with van der Waals surface area (Å²) in [5, 5.41) is 2.63. The topological polar surface area (TPSA) is 49.4 Å². The molecule has 0 heterocycles. The molecule has 0 bridgehead atoms. The first-order valence-electron chi connectivity index (χ1n) is 8.45. The Morgan fingerprint density at radius 1 is 1.15 bits per heavy atom. The molecule has 0 spiro atoms. The molecule has 0 saturated carbocycles. The average molecular weight is 435 g/mol. The summed E-state index contributed by atoms with van der Waals surface area (Å²) in [6.07, 6.45) is 0.839. The molecule has 2 rings (SSSR count). The molecule has 0 aliphatic heterocycles.